The van der Waals surface area contributed by atoms with E-state index in [0.29, 0.717) is 0 Å². The van der Waals surface area contributed by atoms with Gasteiger partial charge in [-0.05, 0) is 24.3 Å². The average Bonchev–Trinajstić information content (AvgIpc) is 2.17. The Morgan fingerprint density at radius 1 is 1.14 bits per heavy atom. The van der Waals surface area contributed by atoms with Gasteiger partial charge in [-0.3, -0.25) is 0 Å². The molecule has 1 aromatic rings. The Hall–Kier alpha value is -1.39. The summed E-state index contributed by atoms with van der Waals surface area (Å²) in [5.41, 5.74) is 1.10. The van der Waals surface area contributed by atoms with Gasteiger partial charge < -0.3 is 10.1 Å². The summed E-state index contributed by atoms with van der Waals surface area (Å²) in [5, 5.41) is 3.02. The fourth-order valence-corrected chi connectivity index (χ4v) is 0.758. The van der Waals surface area contributed by atoms with E-state index in [1.54, 1.807) is 7.11 Å². The predicted molar refractivity (Wildman–Crippen MR) is 49.7 cm³/mol. The zero-order valence-corrected chi connectivity index (χ0v) is 7.93. The molecule has 0 bridgehead atoms. The molecule has 0 aliphatic rings. The quantitative estimate of drug-likeness (QED) is 0.805. The topological polar surface area (TPSA) is 21.3 Å². The molecule has 14 heavy (non-hydrogen) atoms. The maximum absolute atomic E-state index is 9.67. The molecule has 1 rings (SSSR count). The molecule has 0 unspecified atom stereocenters. The Balaban J connectivity index is 0.000000364. The first-order chi connectivity index (χ1) is 6.60. The van der Waals surface area contributed by atoms with Crippen molar-refractivity contribution in [2.45, 2.75) is 6.68 Å². The van der Waals surface area contributed by atoms with Gasteiger partial charge in [0.05, 0.1) is 7.11 Å². The molecule has 0 spiro atoms. The third-order valence-electron chi connectivity index (χ3n) is 1.38. The van der Waals surface area contributed by atoms with Gasteiger partial charge in [0.2, 0.25) is 0 Å². The van der Waals surface area contributed by atoms with E-state index in [1.165, 1.54) is 0 Å². The summed E-state index contributed by atoms with van der Waals surface area (Å²) in [4.78, 5) is 0. The van der Waals surface area contributed by atoms with E-state index in [9.17, 15) is 13.2 Å². The molecule has 0 fully saturated rings. The lowest BCUT2D eigenvalue weighted by Crippen LogP contribution is -1.87. The van der Waals surface area contributed by atoms with Crippen LogP contribution in [-0.4, -0.2) is 20.8 Å². The zero-order chi connectivity index (χ0) is 11.0. The van der Waals surface area contributed by atoms with Crippen LogP contribution >= 0.6 is 0 Å². The average molecular weight is 207 g/mol. The Kier molecular flexibility index (Phi) is 6.36. The highest BCUT2D eigenvalue weighted by Crippen LogP contribution is 2.13. The number of ether oxygens (including phenoxy) is 1. The van der Waals surface area contributed by atoms with Crippen LogP contribution in [0.4, 0.5) is 18.9 Å². The van der Waals surface area contributed by atoms with Gasteiger partial charge in [0.15, 0.2) is 0 Å². The molecule has 80 valence electrons. The van der Waals surface area contributed by atoms with E-state index >= 15 is 0 Å². The number of anilines is 1. The summed E-state index contributed by atoms with van der Waals surface area (Å²) in [5.74, 6) is 0.888. The van der Waals surface area contributed by atoms with Crippen LogP contribution in [0.2, 0.25) is 0 Å². The number of nitrogens with one attached hydrogen (secondary N) is 1. The fraction of sp³-hybridized carbons (Fsp3) is 0.333. The van der Waals surface area contributed by atoms with Crippen molar-refractivity contribution in [1.29, 1.82) is 0 Å². The number of halogens is 3. The number of rotatable bonds is 2. The molecular weight excluding hydrogens is 195 g/mol. The third kappa shape index (κ3) is 6.16. The number of hydrogen-bond acceptors (Lipinski definition) is 2. The van der Waals surface area contributed by atoms with Gasteiger partial charge in [-0.15, -0.1) is 0 Å². The van der Waals surface area contributed by atoms with Gasteiger partial charge in [-0.1, -0.05) is 0 Å². The molecule has 2 nitrogen and oxygen atoms in total. The molecule has 0 aliphatic heterocycles. The van der Waals surface area contributed by atoms with Crippen LogP contribution in [-0.2, 0) is 0 Å². The molecule has 1 N–H and O–H groups in total. The number of alkyl halides is 3. The standard InChI is InChI=1S/C8H11NO.CHF3/c1-9-7-3-5-8(10-2)6-4-7;2-1(3)4/h3-6,9H,1-2H3;1H. The van der Waals surface area contributed by atoms with Crippen molar-refractivity contribution >= 4 is 5.69 Å². The summed E-state index contributed by atoms with van der Waals surface area (Å²) < 4.78 is 34.0. The van der Waals surface area contributed by atoms with Crippen molar-refractivity contribution in [3.05, 3.63) is 24.3 Å². The van der Waals surface area contributed by atoms with E-state index in [2.05, 4.69) is 5.32 Å². The van der Waals surface area contributed by atoms with Crippen LogP contribution in [0, 0.1) is 0 Å². The molecule has 0 aliphatic carbocycles. The molecule has 0 aromatic heterocycles. The zero-order valence-electron chi connectivity index (χ0n) is 7.93. The van der Waals surface area contributed by atoms with Crippen molar-refractivity contribution < 1.29 is 17.9 Å². The SMILES string of the molecule is CNc1ccc(OC)cc1.FC(F)F. The first-order valence-corrected chi connectivity index (χ1v) is 3.84. The smallest absolute Gasteiger partial charge is 0.379 e. The number of methoxy groups -OCH3 is 1. The molecule has 0 radical (unpaired) electrons. The molecule has 0 amide bonds. The molecule has 0 saturated heterocycles. The summed E-state index contributed by atoms with van der Waals surface area (Å²) in [6, 6.07) is 7.79. The molecule has 0 saturated carbocycles. The third-order valence-corrected chi connectivity index (χ3v) is 1.38. The lowest BCUT2D eigenvalue weighted by molar-refractivity contribution is 0.00819. The minimum atomic E-state index is -3.67. The molecule has 0 heterocycles. The summed E-state index contributed by atoms with van der Waals surface area (Å²) in [7, 11) is 3.55. The van der Waals surface area contributed by atoms with Crippen LogP contribution in [0.15, 0.2) is 24.3 Å². The monoisotopic (exact) mass is 207 g/mol. The van der Waals surface area contributed by atoms with Gasteiger partial charge in [0.1, 0.15) is 5.75 Å². The fourth-order valence-electron chi connectivity index (χ4n) is 0.758. The van der Waals surface area contributed by atoms with E-state index in [0.717, 1.165) is 11.4 Å². The van der Waals surface area contributed by atoms with Crippen LogP contribution in [0.5, 0.6) is 5.75 Å². The normalized spacial score (nSPS) is 9.00. The van der Waals surface area contributed by atoms with Crippen LogP contribution in [0.25, 0.3) is 0 Å². The van der Waals surface area contributed by atoms with Crippen molar-refractivity contribution in [3.63, 3.8) is 0 Å². The second-order valence-corrected chi connectivity index (χ2v) is 2.23. The highest BCUT2D eigenvalue weighted by atomic mass is 19.4. The van der Waals surface area contributed by atoms with Gasteiger partial charge in [0, 0.05) is 12.7 Å². The van der Waals surface area contributed by atoms with Crippen molar-refractivity contribution in [2.75, 3.05) is 19.5 Å². The Morgan fingerprint density at radius 2 is 1.57 bits per heavy atom. The number of benzene rings is 1. The molecule has 1 aromatic carbocycles. The first-order valence-electron chi connectivity index (χ1n) is 3.84. The minimum Gasteiger partial charge on any atom is -0.497 e. The predicted octanol–water partition coefficient (Wildman–Crippen LogP) is 2.92. The minimum absolute atomic E-state index is 0.888. The van der Waals surface area contributed by atoms with Crippen LogP contribution < -0.4 is 10.1 Å². The molecule has 5 heteroatoms. The maximum atomic E-state index is 9.67. The van der Waals surface area contributed by atoms with E-state index in [1.807, 2.05) is 31.3 Å². The highest BCUT2D eigenvalue weighted by molar-refractivity contribution is 5.45. The summed E-state index contributed by atoms with van der Waals surface area (Å²) in [6.45, 7) is -3.67. The molecular formula is C9H12F3NO. The highest BCUT2D eigenvalue weighted by Gasteiger charge is 1.88. The Morgan fingerprint density at radius 3 is 1.86 bits per heavy atom. The van der Waals surface area contributed by atoms with Gasteiger partial charge in [-0.2, -0.15) is 13.2 Å². The Labute approximate surface area is 80.7 Å². The van der Waals surface area contributed by atoms with Crippen LogP contribution in [0.3, 0.4) is 0 Å². The largest absolute Gasteiger partial charge is 0.497 e. The van der Waals surface area contributed by atoms with Crippen molar-refractivity contribution in [1.82, 2.24) is 0 Å². The van der Waals surface area contributed by atoms with Gasteiger partial charge in [0.25, 0.3) is 0 Å². The number of hydrogen-bond donors (Lipinski definition) is 1. The lowest BCUT2D eigenvalue weighted by atomic mass is 10.3. The van der Waals surface area contributed by atoms with E-state index in [4.69, 9.17) is 4.74 Å². The van der Waals surface area contributed by atoms with Crippen molar-refractivity contribution in [2.24, 2.45) is 0 Å². The lowest BCUT2D eigenvalue weighted by Gasteiger charge is -2.00. The second-order valence-electron chi connectivity index (χ2n) is 2.23. The van der Waals surface area contributed by atoms with E-state index in [-0.39, 0.29) is 0 Å². The summed E-state index contributed by atoms with van der Waals surface area (Å²) >= 11 is 0. The van der Waals surface area contributed by atoms with E-state index < -0.39 is 6.68 Å². The maximum Gasteiger partial charge on any atom is 0.379 e. The second kappa shape index (κ2) is 7.06. The molecule has 0 atom stereocenters. The van der Waals surface area contributed by atoms with Gasteiger partial charge in [-0.25, -0.2) is 0 Å². The van der Waals surface area contributed by atoms with Crippen molar-refractivity contribution in [3.8, 4) is 5.75 Å². The van der Waals surface area contributed by atoms with Crippen LogP contribution in [0.1, 0.15) is 0 Å². The summed E-state index contributed by atoms with van der Waals surface area (Å²) in [6.07, 6.45) is 0. The first kappa shape index (κ1) is 12.6. The Bertz CT molecular complexity index is 213. The van der Waals surface area contributed by atoms with Gasteiger partial charge >= 0.3 is 6.68 Å².